The van der Waals surface area contributed by atoms with Gasteiger partial charge in [0.25, 0.3) is 5.91 Å². The Morgan fingerprint density at radius 3 is 2.46 bits per heavy atom. The maximum absolute atomic E-state index is 12.1. The van der Waals surface area contributed by atoms with Crippen molar-refractivity contribution in [2.24, 2.45) is 0 Å². The van der Waals surface area contributed by atoms with Gasteiger partial charge in [-0.25, -0.2) is 0 Å². The number of hydrogen-bond acceptors (Lipinski definition) is 2. The third-order valence-electron chi connectivity index (χ3n) is 3.88. The molecule has 0 aliphatic carbocycles. The minimum atomic E-state index is -0.201. The van der Waals surface area contributed by atoms with Crippen LogP contribution in [0.25, 0.3) is 0 Å². The van der Waals surface area contributed by atoms with Crippen LogP contribution in [0.3, 0.4) is 0 Å². The summed E-state index contributed by atoms with van der Waals surface area (Å²) < 4.78 is 0. The molecule has 5 heteroatoms. The third kappa shape index (κ3) is 4.83. The van der Waals surface area contributed by atoms with Gasteiger partial charge in [-0.3, -0.25) is 9.59 Å². The van der Waals surface area contributed by atoms with E-state index >= 15 is 0 Å². The lowest BCUT2D eigenvalue weighted by molar-refractivity contribution is -0.130. The smallest absolute Gasteiger partial charge is 0.251 e. The van der Waals surface area contributed by atoms with E-state index in [2.05, 4.69) is 5.32 Å². The number of amides is 2. The monoisotopic (exact) mass is 344 g/mol. The first-order valence-corrected chi connectivity index (χ1v) is 8.22. The molecule has 2 aromatic carbocycles. The van der Waals surface area contributed by atoms with E-state index in [0.717, 1.165) is 5.56 Å². The Kier molecular flexibility index (Phi) is 6.38. The van der Waals surface area contributed by atoms with Crippen LogP contribution in [0.15, 0.2) is 54.6 Å². The fraction of sp³-hybridized carbons (Fsp3) is 0.263. The van der Waals surface area contributed by atoms with Crippen LogP contribution in [-0.4, -0.2) is 29.8 Å². The highest BCUT2D eigenvalue weighted by Crippen LogP contribution is 2.19. The van der Waals surface area contributed by atoms with Gasteiger partial charge < -0.3 is 10.2 Å². The largest absolute Gasteiger partial charge is 0.350 e. The Bertz CT molecular complexity index is 704. The number of carbonyl (C=O) groups excluding carboxylic acids is 2. The summed E-state index contributed by atoms with van der Waals surface area (Å²) in [5, 5.41) is 3.35. The van der Waals surface area contributed by atoms with Gasteiger partial charge in [-0.15, -0.1) is 0 Å². The SMILES string of the molecule is CC(=O)N(CCNC(=O)c1cccc(Cl)c1)C(C)c1ccccc1. The van der Waals surface area contributed by atoms with Crippen LogP contribution >= 0.6 is 11.6 Å². The lowest BCUT2D eigenvalue weighted by Crippen LogP contribution is -2.39. The molecule has 0 spiro atoms. The molecule has 2 rings (SSSR count). The summed E-state index contributed by atoms with van der Waals surface area (Å²) in [6, 6.07) is 16.6. The molecule has 2 amide bonds. The topological polar surface area (TPSA) is 49.4 Å². The summed E-state index contributed by atoms with van der Waals surface area (Å²) >= 11 is 5.89. The molecule has 0 saturated carbocycles. The van der Waals surface area contributed by atoms with E-state index in [1.54, 1.807) is 29.2 Å². The summed E-state index contributed by atoms with van der Waals surface area (Å²) in [6.45, 7) is 4.34. The second-order valence-electron chi connectivity index (χ2n) is 5.57. The molecule has 0 aromatic heterocycles. The number of carbonyl (C=O) groups is 2. The molecule has 0 bridgehead atoms. The number of hydrogen-bond donors (Lipinski definition) is 1. The van der Waals surface area contributed by atoms with Gasteiger partial charge in [0.2, 0.25) is 5.91 Å². The zero-order valence-corrected chi connectivity index (χ0v) is 14.6. The Labute approximate surface area is 147 Å². The maximum Gasteiger partial charge on any atom is 0.251 e. The number of nitrogens with zero attached hydrogens (tertiary/aromatic N) is 1. The van der Waals surface area contributed by atoms with Crippen LogP contribution in [0.4, 0.5) is 0 Å². The van der Waals surface area contributed by atoms with E-state index in [9.17, 15) is 9.59 Å². The lowest BCUT2D eigenvalue weighted by Gasteiger charge is -2.28. The van der Waals surface area contributed by atoms with E-state index in [-0.39, 0.29) is 17.9 Å². The van der Waals surface area contributed by atoms with E-state index in [0.29, 0.717) is 23.7 Å². The Hall–Kier alpha value is -2.33. The van der Waals surface area contributed by atoms with Gasteiger partial charge in [-0.05, 0) is 30.7 Å². The average Bonchev–Trinajstić information content (AvgIpc) is 2.58. The number of rotatable bonds is 6. The molecule has 126 valence electrons. The van der Waals surface area contributed by atoms with Crippen LogP contribution in [0.5, 0.6) is 0 Å². The van der Waals surface area contributed by atoms with Gasteiger partial charge in [-0.1, -0.05) is 48.0 Å². The molecule has 0 aliphatic heterocycles. The number of benzene rings is 2. The molecule has 0 aliphatic rings. The summed E-state index contributed by atoms with van der Waals surface area (Å²) in [6.07, 6.45) is 0. The van der Waals surface area contributed by atoms with Gasteiger partial charge in [0.15, 0.2) is 0 Å². The molecule has 2 aromatic rings. The summed E-state index contributed by atoms with van der Waals surface area (Å²) in [7, 11) is 0. The maximum atomic E-state index is 12.1. The fourth-order valence-electron chi connectivity index (χ4n) is 2.56. The van der Waals surface area contributed by atoms with Crippen molar-refractivity contribution in [2.75, 3.05) is 13.1 Å². The normalized spacial score (nSPS) is 11.6. The van der Waals surface area contributed by atoms with Crippen LogP contribution in [0.2, 0.25) is 5.02 Å². The van der Waals surface area contributed by atoms with Crippen molar-refractivity contribution >= 4 is 23.4 Å². The summed E-state index contributed by atoms with van der Waals surface area (Å²) in [5.41, 5.74) is 1.57. The highest BCUT2D eigenvalue weighted by molar-refractivity contribution is 6.30. The van der Waals surface area contributed by atoms with Crippen molar-refractivity contribution in [1.29, 1.82) is 0 Å². The van der Waals surface area contributed by atoms with Gasteiger partial charge >= 0.3 is 0 Å². The minimum absolute atomic E-state index is 0.0247. The van der Waals surface area contributed by atoms with E-state index in [1.807, 2.05) is 37.3 Å². The van der Waals surface area contributed by atoms with Crippen molar-refractivity contribution in [3.8, 4) is 0 Å². The first-order valence-electron chi connectivity index (χ1n) is 7.85. The molecule has 1 atom stereocenters. The van der Waals surface area contributed by atoms with E-state index < -0.39 is 0 Å². The van der Waals surface area contributed by atoms with Gasteiger partial charge in [0.1, 0.15) is 0 Å². The molecule has 0 fully saturated rings. The molecule has 0 heterocycles. The molecule has 1 N–H and O–H groups in total. The average molecular weight is 345 g/mol. The molecule has 1 unspecified atom stereocenters. The summed E-state index contributed by atoms with van der Waals surface area (Å²) in [5.74, 6) is -0.225. The minimum Gasteiger partial charge on any atom is -0.350 e. The van der Waals surface area contributed by atoms with E-state index in [4.69, 9.17) is 11.6 Å². The van der Waals surface area contributed by atoms with Crippen molar-refractivity contribution in [3.63, 3.8) is 0 Å². The highest BCUT2D eigenvalue weighted by atomic mass is 35.5. The first kappa shape index (κ1) is 18.0. The van der Waals surface area contributed by atoms with Crippen molar-refractivity contribution in [1.82, 2.24) is 10.2 Å². The molecular formula is C19H21ClN2O2. The van der Waals surface area contributed by atoms with Crippen LogP contribution < -0.4 is 5.32 Å². The molecule has 4 nitrogen and oxygen atoms in total. The van der Waals surface area contributed by atoms with Crippen LogP contribution in [-0.2, 0) is 4.79 Å². The predicted molar refractivity (Wildman–Crippen MR) is 96.0 cm³/mol. The quantitative estimate of drug-likeness (QED) is 0.869. The van der Waals surface area contributed by atoms with Crippen LogP contribution in [0.1, 0.15) is 35.8 Å². The van der Waals surface area contributed by atoms with Gasteiger partial charge in [0, 0.05) is 30.6 Å². The zero-order chi connectivity index (χ0) is 17.5. The fourth-order valence-corrected chi connectivity index (χ4v) is 2.75. The third-order valence-corrected chi connectivity index (χ3v) is 4.11. The molecular weight excluding hydrogens is 324 g/mol. The second-order valence-corrected chi connectivity index (χ2v) is 6.00. The van der Waals surface area contributed by atoms with Crippen molar-refractivity contribution in [2.45, 2.75) is 19.9 Å². The first-order chi connectivity index (χ1) is 11.5. The molecule has 0 radical (unpaired) electrons. The van der Waals surface area contributed by atoms with Gasteiger partial charge in [-0.2, -0.15) is 0 Å². The second kappa shape index (κ2) is 8.50. The lowest BCUT2D eigenvalue weighted by atomic mass is 10.1. The van der Waals surface area contributed by atoms with Crippen molar-refractivity contribution < 1.29 is 9.59 Å². The molecule has 24 heavy (non-hydrogen) atoms. The standard InChI is InChI=1S/C19H21ClN2O2/c1-14(16-7-4-3-5-8-16)22(15(2)23)12-11-21-19(24)17-9-6-10-18(20)13-17/h3-10,13-14H,11-12H2,1-2H3,(H,21,24). The Morgan fingerprint density at radius 2 is 1.83 bits per heavy atom. The Morgan fingerprint density at radius 1 is 1.12 bits per heavy atom. The number of nitrogens with one attached hydrogen (secondary N) is 1. The van der Waals surface area contributed by atoms with E-state index in [1.165, 1.54) is 6.92 Å². The van der Waals surface area contributed by atoms with Crippen molar-refractivity contribution in [3.05, 3.63) is 70.7 Å². The van der Waals surface area contributed by atoms with Crippen LogP contribution in [0, 0.1) is 0 Å². The van der Waals surface area contributed by atoms with Gasteiger partial charge in [0.05, 0.1) is 6.04 Å². The molecule has 0 saturated heterocycles. The Balaban J connectivity index is 1.95. The summed E-state index contributed by atoms with van der Waals surface area (Å²) in [4.78, 5) is 25.8. The predicted octanol–water partition coefficient (Wildman–Crippen LogP) is 3.68. The highest BCUT2D eigenvalue weighted by Gasteiger charge is 2.18. The number of halogens is 1. The zero-order valence-electron chi connectivity index (χ0n) is 13.8.